The average Bonchev–Trinajstić information content (AvgIpc) is 3.51. The molecule has 0 saturated carbocycles. The minimum absolute atomic E-state index is 0.207. The topological polar surface area (TPSA) is 126 Å². The molecule has 0 unspecified atom stereocenters. The number of carbonyl (C=O) groups excluding carboxylic acids is 2. The molecular weight excluding hydrogens is 590 g/mol. The summed E-state index contributed by atoms with van der Waals surface area (Å²) >= 11 is 0. The summed E-state index contributed by atoms with van der Waals surface area (Å²) in [7, 11) is 4.48. The molecule has 0 aliphatic carbocycles. The van der Waals surface area contributed by atoms with Crippen LogP contribution in [-0.4, -0.2) is 61.4 Å². The summed E-state index contributed by atoms with van der Waals surface area (Å²) < 4.78 is 29.9. The lowest BCUT2D eigenvalue weighted by atomic mass is 10.0. The Hall–Kier alpha value is -5.78. The zero-order valence-electron chi connectivity index (χ0n) is 25.6. The molecule has 0 radical (unpaired) electrons. The van der Waals surface area contributed by atoms with Gasteiger partial charge in [-0.15, -0.1) is 5.10 Å². The molecule has 1 atom stereocenters. The monoisotopic (exact) mass is 623 g/mol. The highest BCUT2D eigenvalue weighted by Crippen LogP contribution is 2.43. The SMILES string of the molecule is COc1cc([C@H](C(=O)NCc2ccccc2)N(C(=O)Cn2nnc3ccccc32)c2ccc3c(c2)OCCO3)cc(OC)c1OC. The number of anilines is 1. The maximum absolute atomic E-state index is 14.5. The molecule has 236 valence electrons. The second-order valence-electron chi connectivity index (χ2n) is 10.4. The number of amides is 2. The molecule has 1 aliphatic heterocycles. The van der Waals surface area contributed by atoms with Gasteiger partial charge in [0, 0.05) is 18.3 Å². The summed E-state index contributed by atoms with van der Waals surface area (Å²) in [5, 5.41) is 11.5. The van der Waals surface area contributed by atoms with Crippen LogP contribution in [0.25, 0.3) is 11.0 Å². The van der Waals surface area contributed by atoms with E-state index in [0.29, 0.717) is 64.2 Å². The smallest absolute Gasteiger partial charge is 0.249 e. The van der Waals surface area contributed by atoms with Crippen LogP contribution in [0.1, 0.15) is 17.2 Å². The molecule has 46 heavy (non-hydrogen) atoms. The van der Waals surface area contributed by atoms with Crippen molar-refractivity contribution in [2.24, 2.45) is 0 Å². The summed E-state index contributed by atoms with van der Waals surface area (Å²) in [6, 6.07) is 24.1. The molecule has 0 spiro atoms. The first kappa shape index (κ1) is 30.3. The lowest BCUT2D eigenvalue weighted by Gasteiger charge is -2.33. The predicted octanol–water partition coefficient (Wildman–Crippen LogP) is 4.32. The van der Waals surface area contributed by atoms with Crippen molar-refractivity contribution in [3.63, 3.8) is 0 Å². The Labute approximate surface area is 265 Å². The number of benzene rings is 4. The van der Waals surface area contributed by atoms with Crippen LogP contribution in [0, 0.1) is 0 Å². The van der Waals surface area contributed by atoms with Gasteiger partial charge in [-0.05, 0) is 47.5 Å². The Morgan fingerprint density at radius 2 is 1.57 bits per heavy atom. The summed E-state index contributed by atoms with van der Waals surface area (Å²) in [6.45, 7) is 0.785. The largest absolute Gasteiger partial charge is 0.493 e. The number of rotatable bonds is 11. The third kappa shape index (κ3) is 6.09. The Bertz CT molecular complexity index is 1830. The van der Waals surface area contributed by atoms with Gasteiger partial charge in [0.05, 0.1) is 26.8 Å². The second-order valence-corrected chi connectivity index (χ2v) is 10.4. The number of ether oxygens (including phenoxy) is 5. The highest BCUT2D eigenvalue weighted by molar-refractivity contribution is 6.02. The third-order valence-corrected chi connectivity index (χ3v) is 7.60. The van der Waals surface area contributed by atoms with Gasteiger partial charge in [-0.3, -0.25) is 14.5 Å². The fraction of sp³-hybridized carbons (Fsp3) is 0.235. The van der Waals surface area contributed by atoms with E-state index >= 15 is 0 Å². The molecule has 0 bridgehead atoms. The third-order valence-electron chi connectivity index (χ3n) is 7.60. The molecule has 1 N–H and O–H groups in total. The lowest BCUT2D eigenvalue weighted by Crippen LogP contribution is -2.45. The highest BCUT2D eigenvalue weighted by atomic mass is 16.6. The van der Waals surface area contributed by atoms with Crippen LogP contribution in [0.2, 0.25) is 0 Å². The van der Waals surface area contributed by atoms with E-state index in [4.69, 9.17) is 23.7 Å². The number of hydrogen-bond donors (Lipinski definition) is 1. The van der Waals surface area contributed by atoms with Crippen LogP contribution < -0.4 is 33.9 Å². The molecule has 1 aliphatic rings. The van der Waals surface area contributed by atoms with Gasteiger partial charge in [-0.1, -0.05) is 47.7 Å². The standard InChI is InChI=1S/C34H33N5O7/c1-42-29-17-23(18-30(43-2)33(29)44-3)32(34(41)35-20-22-9-5-4-6-10-22)39(24-13-14-27-28(19-24)46-16-15-45-27)31(40)21-38-26-12-8-7-11-25(26)36-37-38/h4-14,17-19,32H,15-16,20-21H2,1-3H3,(H,35,41)/t32-/m1/s1. The van der Waals surface area contributed by atoms with Gasteiger partial charge in [-0.25, -0.2) is 4.68 Å². The van der Waals surface area contributed by atoms with E-state index < -0.39 is 17.9 Å². The number of fused-ring (bicyclic) bond motifs is 2. The minimum atomic E-state index is -1.19. The van der Waals surface area contributed by atoms with E-state index in [1.807, 2.05) is 54.6 Å². The van der Waals surface area contributed by atoms with Crippen LogP contribution in [0.15, 0.2) is 84.9 Å². The van der Waals surface area contributed by atoms with Crippen LogP contribution in [-0.2, 0) is 22.7 Å². The molecule has 12 heteroatoms. The number of hydrogen-bond acceptors (Lipinski definition) is 9. The zero-order chi connectivity index (χ0) is 32.0. The molecule has 6 rings (SSSR count). The number of nitrogens with zero attached hydrogens (tertiary/aromatic N) is 4. The van der Waals surface area contributed by atoms with Crippen molar-refractivity contribution >= 4 is 28.5 Å². The number of aromatic nitrogens is 3. The summed E-state index contributed by atoms with van der Waals surface area (Å²) in [6.07, 6.45) is 0. The molecule has 1 aromatic heterocycles. The van der Waals surface area contributed by atoms with E-state index in [-0.39, 0.29) is 13.1 Å². The van der Waals surface area contributed by atoms with E-state index in [1.54, 1.807) is 30.3 Å². The van der Waals surface area contributed by atoms with Gasteiger partial charge in [0.25, 0.3) is 0 Å². The van der Waals surface area contributed by atoms with Crippen molar-refractivity contribution in [2.45, 2.75) is 19.1 Å². The van der Waals surface area contributed by atoms with Crippen LogP contribution >= 0.6 is 0 Å². The zero-order valence-corrected chi connectivity index (χ0v) is 25.6. The molecule has 0 fully saturated rings. The Balaban J connectivity index is 1.49. The highest BCUT2D eigenvalue weighted by Gasteiger charge is 2.35. The van der Waals surface area contributed by atoms with Crippen LogP contribution in [0.5, 0.6) is 28.7 Å². The average molecular weight is 624 g/mol. The molecule has 0 saturated heterocycles. The fourth-order valence-corrected chi connectivity index (χ4v) is 5.42. The quantitative estimate of drug-likeness (QED) is 0.229. The molecule has 4 aromatic carbocycles. The van der Waals surface area contributed by atoms with Gasteiger partial charge in [-0.2, -0.15) is 0 Å². The summed E-state index contributed by atoms with van der Waals surface area (Å²) in [5.74, 6) is 1.14. The first-order chi connectivity index (χ1) is 22.5. The molecule has 2 heterocycles. The number of carbonyl (C=O) groups is 2. The molecule has 2 amide bonds. The Kier molecular flexibility index (Phi) is 8.86. The number of nitrogens with one attached hydrogen (secondary N) is 1. The summed E-state index contributed by atoms with van der Waals surface area (Å²) in [4.78, 5) is 30.4. The first-order valence-electron chi connectivity index (χ1n) is 14.6. The van der Waals surface area contributed by atoms with Crippen molar-refractivity contribution < 1.29 is 33.3 Å². The first-order valence-corrected chi connectivity index (χ1v) is 14.6. The van der Waals surface area contributed by atoms with Crippen molar-refractivity contribution in [3.05, 3.63) is 96.1 Å². The summed E-state index contributed by atoms with van der Waals surface area (Å²) in [5.41, 5.74) is 3.05. The van der Waals surface area contributed by atoms with Gasteiger partial charge < -0.3 is 29.0 Å². The molecule has 12 nitrogen and oxygen atoms in total. The lowest BCUT2D eigenvalue weighted by molar-refractivity contribution is -0.127. The predicted molar refractivity (Wildman–Crippen MR) is 170 cm³/mol. The van der Waals surface area contributed by atoms with Crippen molar-refractivity contribution in [3.8, 4) is 28.7 Å². The van der Waals surface area contributed by atoms with Gasteiger partial charge >= 0.3 is 0 Å². The van der Waals surface area contributed by atoms with E-state index in [9.17, 15) is 9.59 Å². The number of para-hydroxylation sites is 1. The molecular formula is C34H33N5O7. The van der Waals surface area contributed by atoms with E-state index in [0.717, 1.165) is 5.56 Å². The van der Waals surface area contributed by atoms with Crippen LogP contribution in [0.4, 0.5) is 5.69 Å². The minimum Gasteiger partial charge on any atom is -0.493 e. The molecule has 5 aromatic rings. The van der Waals surface area contributed by atoms with E-state index in [1.165, 1.54) is 30.9 Å². The second kappa shape index (κ2) is 13.5. The van der Waals surface area contributed by atoms with Crippen molar-refractivity contribution in [2.75, 3.05) is 39.4 Å². The number of methoxy groups -OCH3 is 3. The van der Waals surface area contributed by atoms with Gasteiger partial charge in [0.2, 0.25) is 17.6 Å². The Morgan fingerprint density at radius 3 is 2.28 bits per heavy atom. The normalized spacial score (nSPS) is 12.7. The maximum atomic E-state index is 14.5. The van der Waals surface area contributed by atoms with Gasteiger partial charge in [0.15, 0.2) is 23.0 Å². The van der Waals surface area contributed by atoms with E-state index in [2.05, 4.69) is 15.6 Å². The van der Waals surface area contributed by atoms with Crippen molar-refractivity contribution in [1.29, 1.82) is 0 Å². The fourth-order valence-electron chi connectivity index (χ4n) is 5.42. The Morgan fingerprint density at radius 1 is 0.870 bits per heavy atom. The van der Waals surface area contributed by atoms with Gasteiger partial charge in [0.1, 0.15) is 31.3 Å². The van der Waals surface area contributed by atoms with Crippen LogP contribution in [0.3, 0.4) is 0 Å². The maximum Gasteiger partial charge on any atom is 0.249 e. The van der Waals surface area contributed by atoms with Crippen molar-refractivity contribution in [1.82, 2.24) is 20.3 Å².